The molecule has 8 heteroatoms. The molecule has 3 N–H and O–H groups in total. The largest absolute Gasteiger partial charge is 0.377 e. The Hall–Kier alpha value is -2.38. The van der Waals surface area contributed by atoms with Crippen molar-refractivity contribution in [2.24, 2.45) is 5.92 Å². The number of methoxy groups -OCH3 is 1. The van der Waals surface area contributed by atoms with E-state index in [1.54, 1.807) is 19.2 Å². The standard InChI is InChI=1S/C28H34ClF2N3O2/c1-36-26(17-8-3-2-4-9-17)28(33-23-15-21(30)22(31)16-24(23)34-28)25(18-10-7-11-19(29)14-18)27(35)32-20-12-5-6-13-20/h7,10-11,14-17,20,25-26,33-34H,2-6,8-9,12-13H2,1H3,(H,32,35). The molecule has 2 aromatic carbocycles. The van der Waals surface area contributed by atoms with Crippen LogP contribution in [0.3, 0.4) is 0 Å². The molecule has 2 unspecified atom stereocenters. The van der Waals surface area contributed by atoms with Gasteiger partial charge in [-0.2, -0.15) is 0 Å². The number of hydrogen-bond donors (Lipinski definition) is 3. The Labute approximate surface area is 216 Å². The van der Waals surface area contributed by atoms with Crippen LogP contribution in [0.15, 0.2) is 36.4 Å². The van der Waals surface area contributed by atoms with Gasteiger partial charge < -0.3 is 20.7 Å². The van der Waals surface area contributed by atoms with Gasteiger partial charge in [0.25, 0.3) is 0 Å². The molecule has 0 radical (unpaired) electrons. The highest BCUT2D eigenvalue weighted by Gasteiger charge is 2.56. The number of amides is 1. The van der Waals surface area contributed by atoms with Crippen LogP contribution in [0.25, 0.3) is 0 Å². The fourth-order valence-electron chi connectivity index (χ4n) is 6.53. The zero-order valence-electron chi connectivity index (χ0n) is 20.6. The SMILES string of the molecule is COC(C1CCCCC1)C1(C(C(=O)NC2CCCC2)c2cccc(Cl)c2)Nc2cc(F)c(F)cc2N1. The maximum Gasteiger partial charge on any atom is 0.232 e. The van der Waals surface area contributed by atoms with Gasteiger partial charge in [0.1, 0.15) is 12.0 Å². The predicted octanol–water partition coefficient (Wildman–Crippen LogP) is 6.59. The average molecular weight is 518 g/mol. The Balaban J connectivity index is 1.64. The van der Waals surface area contributed by atoms with E-state index in [0.717, 1.165) is 69.9 Å². The number of carbonyl (C=O) groups is 1. The Morgan fingerprint density at radius 1 is 1.00 bits per heavy atom. The topological polar surface area (TPSA) is 62.4 Å². The lowest BCUT2D eigenvalue weighted by Gasteiger charge is -2.47. The number of carbonyl (C=O) groups excluding carboxylic acids is 1. The van der Waals surface area contributed by atoms with E-state index < -0.39 is 29.3 Å². The molecule has 1 aliphatic heterocycles. The highest BCUT2D eigenvalue weighted by atomic mass is 35.5. The number of ether oxygens (including phenoxy) is 1. The number of fused-ring (bicyclic) bond motifs is 1. The molecule has 36 heavy (non-hydrogen) atoms. The van der Waals surface area contributed by atoms with Crippen molar-refractivity contribution in [1.29, 1.82) is 0 Å². The number of anilines is 2. The zero-order chi connectivity index (χ0) is 25.3. The summed E-state index contributed by atoms with van der Waals surface area (Å²) in [5, 5.41) is 10.7. The second-order valence-corrected chi connectivity index (χ2v) is 10.9. The summed E-state index contributed by atoms with van der Waals surface area (Å²) < 4.78 is 34.8. The Morgan fingerprint density at radius 2 is 1.61 bits per heavy atom. The van der Waals surface area contributed by atoms with E-state index in [9.17, 15) is 13.6 Å². The molecule has 1 amide bonds. The third-order valence-electron chi connectivity index (χ3n) is 8.13. The van der Waals surface area contributed by atoms with Crippen LogP contribution in [0.2, 0.25) is 5.02 Å². The first-order valence-corrected chi connectivity index (χ1v) is 13.4. The van der Waals surface area contributed by atoms with Crippen molar-refractivity contribution < 1.29 is 18.3 Å². The minimum Gasteiger partial charge on any atom is -0.377 e. The van der Waals surface area contributed by atoms with Crippen LogP contribution >= 0.6 is 11.6 Å². The van der Waals surface area contributed by atoms with Crippen molar-refractivity contribution in [1.82, 2.24) is 5.32 Å². The molecule has 2 aliphatic carbocycles. The fourth-order valence-corrected chi connectivity index (χ4v) is 6.73. The molecule has 0 aromatic heterocycles. The van der Waals surface area contributed by atoms with Crippen molar-refractivity contribution in [3.63, 3.8) is 0 Å². The summed E-state index contributed by atoms with van der Waals surface area (Å²) in [4.78, 5) is 14.2. The summed E-state index contributed by atoms with van der Waals surface area (Å²) in [7, 11) is 1.65. The molecule has 2 fully saturated rings. The number of benzene rings is 2. The van der Waals surface area contributed by atoms with Gasteiger partial charge in [-0.3, -0.25) is 4.79 Å². The van der Waals surface area contributed by atoms with Crippen LogP contribution < -0.4 is 16.0 Å². The van der Waals surface area contributed by atoms with Crippen LogP contribution in [0.4, 0.5) is 20.2 Å². The first-order valence-electron chi connectivity index (χ1n) is 13.1. The minimum atomic E-state index is -1.17. The minimum absolute atomic E-state index is 0.102. The van der Waals surface area contributed by atoms with Crippen LogP contribution in [0.5, 0.6) is 0 Å². The monoisotopic (exact) mass is 517 g/mol. The Bertz CT molecular complexity index is 1070. The quantitative estimate of drug-likeness (QED) is 0.387. The van der Waals surface area contributed by atoms with Gasteiger partial charge in [0.05, 0.1) is 11.4 Å². The molecule has 2 saturated carbocycles. The van der Waals surface area contributed by atoms with Crippen molar-refractivity contribution in [3.8, 4) is 0 Å². The summed E-state index contributed by atoms with van der Waals surface area (Å²) in [5.41, 5.74) is 0.358. The number of nitrogens with one attached hydrogen (secondary N) is 3. The Kier molecular flexibility index (Phi) is 7.40. The lowest BCUT2D eigenvalue weighted by atomic mass is 9.73. The highest BCUT2D eigenvalue weighted by Crippen LogP contribution is 2.48. The molecule has 0 bridgehead atoms. The molecule has 2 aromatic rings. The smallest absolute Gasteiger partial charge is 0.232 e. The predicted molar refractivity (Wildman–Crippen MR) is 138 cm³/mol. The summed E-state index contributed by atoms with van der Waals surface area (Å²) in [6.07, 6.45) is 8.82. The Morgan fingerprint density at radius 3 is 2.19 bits per heavy atom. The van der Waals surface area contributed by atoms with E-state index in [0.29, 0.717) is 22.0 Å². The number of halogens is 3. The lowest BCUT2D eigenvalue weighted by molar-refractivity contribution is -0.126. The fraction of sp³-hybridized carbons (Fsp3) is 0.536. The summed E-state index contributed by atoms with van der Waals surface area (Å²) in [5.74, 6) is -2.66. The molecule has 2 atom stereocenters. The molecular formula is C28H34ClF2N3O2. The molecule has 5 rings (SSSR count). The van der Waals surface area contributed by atoms with E-state index >= 15 is 0 Å². The molecule has 0 spiro atoms. The molecule has 1 heterocycles. The van der Waals surface area contributed by atoms with Gasteiger partial charge in [-0.15, -0.1) is 0 Å². The lowest BCUT2D eigenvalue weighted by Crippen LogP contribution is -2.63. The van der Waals surface area contributed by atoms with E-state index in [2.05, 4.69) is 16.0 Å². The summed E-state index contributed by atoms with van der Waals surface area (Å²) >= 11 is 6.41. The number of hydrogen-bond acceptors (Lipinski definition) is 4. The number of rotatable bonds is 7. The van der Waals surface area contributed by atoms with E-state index in [4.69, 9.17) is 16.3 Å². The van der Waals surface area contributed by atoms with Crippen molar-refractivity contribution in [2.75, 3.05) is 17.7 Å². The van der Waals surface area contributed by atoms with Gasteiger partial charge in [-0.25, -0.2) is 8.78 Å². The van der Waals surface area contributed by atoms with Crippen LogP contribution in [-0.4, -0.2) is 30.8 Å². The second-order valence-electron chi connectivity index (χ2n) is 10.5. The van der Waals surface area contributed by atoms with Gasteiger partial charge in [-0.05, 0) is 49.3 Å². The van der Waals surface area contributed by atoms with Crippen molar-refractivity contribution in [2.45, 2.75) is 81.5 Å². The maximum atomic E-state index is 14.3. The van der Waals surface area contributed by atoms with E-state index in [1.807, 2.05) is 12.1 Å². The first-order chi connectivity index (χ1) is 17.4. The molecule has 3 aliphatic rings. The van der Waals surface area contributed by atoms with Gasteiger partial charge in [0, 0.05) is 30.3 Å². The maximum absolute atomic E-state index is 14.3. The highest BCUT2D eigenvalue weighted by molar-refractivity contribution is 6.30. The van der Waals surface area contributed by atoms with E-state index in [1.165, 1.54) is 0 Å². The van der Waals surface area contributed by atoms with Gasteiger partial charge in [-0.1, -0.05) is 55.8 Å². The van der Waals surface area contributed by atoms with Crippen LogP contribution in [0.1, 0.15) is 69.3 Å². The zero-order valence-corrected chi connectivity index (χ0v) is 21.3. The molecule has 5 nitrogen and oxygen atoms in total. The van der Waals surface area contributed by atoms with Crippen LogP contribution in [0, 0.1) is 17.6 Å². The van der Waals surface area contributed by atoms with Gasteiger partial charge >= 0.3 is 0 Å². The summed E-state index contributed by atoms with van der Waals surface area (Å²) in [6, 6.07) is 9.68. The molecule has 194 valence electrons. The third-order valence-corrected chi connectivity index (χ3v) is 8.36. The molecule has 0 saturated heterocycles. The van der Waals surface area contributed by atoms with Crippen molar-refractivity contribution in [3.05, 3.63) is 58.6 Å². The van der Waals surface area contributed by atoms with Crippen LogP contribution in [-0.2, 0) is 9.53 Å². The van der Waals surface area contributed by atoms with E-state index in [-0.39, 0.29) is 17.9 Å². The van der Waals surface area contributed by atoms with Gasteiger partial charge in [0.2, 0.25) is 5.91 Å². The second kappa shape index (κ2) is 10.5. The first kappa shape index (κ1) is 25.3. The normalized spacial score (nSPS) is 21.3. The van der Waals surface area contributed by atoms with Crippen molar-refractivity contribution >= 4 is 28.9 Å². The third kappa shape index (κ3) is 4.80. The van der Waals surface area contributed by atoms with Gasteiger partial charge in [0.15, 0.2) is 17.3 Å². The average Bonchev–Trinajstić information content (AvgIpc) is 3.49. The molecular weight excluding hydrogens is 484 g/mol. The summed E-state index contributed by atoms with van der Waals surface area (Å²) in [6.45, 7) is 0.